The molecule has 0 fully saturated rings. The third-order valence-electron chi connectivity index (χ3n) is 3.91. The van der Waals surface area contributed by atoms with Crippen LogP contribution in [0.5, 0.6) is 11.5 Å². The Hall–Kier alpha value is -2.26. The molecule has 3 atom stereocenters. The predicted molar refractivity (Wildman–Crippen MR) is 81.3 cm³/mol. The summed E-state index contributed by atoms with van der Waals surface area (Å²) in [6.45, 7) is 0. The van der Waals surface area contributed by atoms with Crippen molar-refractivity contribution in [3.05, 3.63) is 38.3 Å². The number of phenolic OH excluding ortho intramolecular Hbond substituents is 1. The van der Waals surface area contributed by atoms with E-state index in [1.54, 1.807) is 0 Å². The lowest BCUT2D eigenvalue weighted by Gasteiger charge is -2.37. The summed E-state index contributed by atoms with van der Waals surface area (Å²) >= 11 is 1.89. The first kappa shape index (κ1) is 14.3. The molecule has 1 aromatic heterocycles. The third kappa shape index (κ3) is 2.07. The highest BCUT2D eigenvalue weighted by Crippen LogP contribution is 2.53. The first-order chi connectivity index (χ1) is 11.0. The van der Waals surface area contributed by atoms with Crippen LogP contribution in [-0.4, -0.2) is 32.4 Å². The molecule has 0 saturated heterocycles. The zero-order chi connectivity index (χ0) is 16.3. The van der Waals surface area contributed by atoms with Gasteiger partial charge in [0.05, 0.1) is 10.9 Å². The van der Waals surface area contributed by atoms with Crippen molar-refractivity contribution in [3.8, 4) is 11.5 Å². The molecule has 7 nitrogen and oxygen atoms in total. The number of esters is 1. The summed E-state index contributed by atoms with van der Waals surface area (Å²) in [5.74, 6) is -3.11. The molecular weight excluding hydrogens is 342 g/mol. The Kier molecular flexibility index (Phi) is 3.03. The molecule has 0 spiro atoms. The van der Waals surface area contributed by atoms with Gasteiger partial charge in [-0.1, -0.05) is 23.1 Å². The normalized spacial score (nSPS) is 25.0. The van der Waals surface area contributed by atoms with Gasteiger partial charge in [-0.3, -0.25) is 14.4 Å². The van der Waals surface area contributed by atoms with E-state index >= 15 is 0 Å². The van der Waals surface area contributed by atoms with Gasteiger partial charge in [0.1, 0.15) is 16.7 Å². The van der Waals surface area contributed by atoms with Crippen molar-refractivity contribution in [1.29, 1.82) is 0 Å². The maximum Gasteiger partial charge on any atom is 0.317 e. The zero-order valence-corrected chi connectivity index (χ0v) is 12.9. The maximum atomic E-state index is 12.4. The number of carboxylic acids is 1. The monoisotopic (exact) mass is 351 g/mol. The van der Waals surface area contributed by atoms with E-state index in [-0.39, 0.29) is 16.4 Å². The number of aromatic nitrogens is 1. The molecule has 3 N–H and O–H groups in total. The number of hydrogen-bond donors (Lipinski definition) is 3. The number of phenols is 1. The molecule has 9 heteroatoms. The average Bonchev–Trinajstić information content (AvgIpc) is 2.86. The van der Waals surface area contributed by atoms with Crippen LogP contribution in [0.25, 0.3) is 0 Å². The van der Waals surface area contributed by atoms with E-state index in [0.717, 1.165) is 23.1 Å². The van der Waals surface area contributed by atoms with Crippen LogP contribution in [0.3, 0.4) is 0 Å². The van der Waals surface area contributed by atoms with Gasteiger partial charge < -0.3 is 19.9 Å². The molecule has 23 heavy (non-hydrogen) atoms. The topological polar surface area (TPSA) is 117 Å². The molecule has 4 rings (SSSR count). The number of benzene rings is 1. The van der Waals surface area contributed by atoms with Crippen LogP contribution in [0, 0.1) is 5.92 Å². The first-order valence-corrected chi connectivity index (χ1v) is 8.32. The van der Waals surface area contributed by atoms with Crippen molar-refractivity contribution < 1.29 is 24.5 Å². The molecule has 2 aromatic rings. The Balaban J connectivity index is 2.00. The van der Waals surface area contributed by atoms with Gasteiger partial charge in [-0.2, -0.15) is 0 Å². The number of H-pyrrole nitrogens is 1. The minimum absolute atomic E-state index is 0.0185. The van der Waals surface area contributed by atoms with E-state index in [1.165, 1.54) is 18.2 Å². The molecule has 0 bridgehead atoms. The minimum Gasteiger partial charge on any atom is -0.508 e. The van der Waals surface area contributed by atoms with Gasteiger partial charge in [0.25, 0.3) is 0 Å². The molecule has 0 radical (unpaired) electrons. The van der Waals surface area contributed by atoms with E-state index in [9.17, 15) is 24.6 Å². The number of aliphatic carboxylic acids is 1. The number of carbonyl (C=O) groups excluding carboxylic acids is 1. The SMILES string of the molecule is O=C1Oc2ccc(O)cc2[C@@H]2c3sc(=O)[nH]c3S[C@@H](C(=O)O)[C@H]12. The summed E-state index contributed by atoms with van der Waals surface area (Å²) in [4.78, 5) is 38.6. The smallest absolute Gasteiger partial charge is 0.317 e. The van der Waals surface area contributed by atoms with Crippen LogP contribution in [-0.2, 0) is 9.59 Å². The number of fused-ring (bicyclic) bond motifs is 5. The molecule has 2 aliphatic rings. The quantitative estimate of drug-likeness (QED) is 0.525. The molecule has 0 aliphatic carbocycles. The number of thioether (sulfide) groups is 1. The Labute approximate surface area is 136 Å². The van der Waals surface area contributed by atoms with Crippen molar-refractivity contribution in [1.82, 2.24) is 4.98 Å². The Bertz CT molecular complexity index is 901. The average molecular weight is 351 g/mol. The van der Waals surface area contributed by atoms with E-state index in [4.69, 9.17) is 4.74 Å². The van der Waals surface area contributed by atoms with Crippen LogP contribution in [0.15, 0.2) is 28.0 Å². The zero-order valence-electron chi connectivity index (χ0n) is 11.3. The second-order valence-electron chi connectivity index (χ2n) is 5.23. The Morgan fingerprint density at radius 3 is 2.83 bits per heavy atom. The molecule has 0 amide bonds. The highest BCUT2D eigenvalue weighted by atomic mass is 32.2. The first-order valence-electron chi connectivity index (χ1n) is 6.63. The summed E-state index contributed by atoms with van der Waals surface area (Å²) in [6.07, 6.45) is 0. The fraction of sp³-hybridized carbons (Fsp3) is 0.214. The molecule has 2 aliphatic heterocycles. The molecule has 118 valence electrons. The molecule has 3 heterocycles. The van der Waals surface area contributed by atoms with E-state index < -0.39 is 29.0 Å². The van der Waals surface area contributed by atoms with Gasteiger partial charge in [-0.05, 0) is 18.2 Å². The van der Waals surface area contributed by atoms with Gasteiger partial charge in [0, 0.05) is 16.4 Å². The molecule has 0 saturated carbocycles. The van der Waals surface area contributed by atoms with Crippen LogP contribution in [0.1, 0.15) is 16.4 Å². The van der Waals surface area contributed by atoms with E-state index in [0.29, 0.717) is 15.5 Å². The number of hydrogen-bond acceptors (Lipinski definition) is 7. The van der Waals surface area contributed by atoms with Crippen LogP contribution in [0.4, 0.5) is 0 Å². The van der Waals surface area contributed by atoms with Crippen molar-refractivity contribution in [3.63, 3.8) is 0 Å². The number of aromatic amines is 1. The fourth-order valence-electron chi connectivity index (χ4n) is 3.00. The molecule has 1 aromatic carbocycles. The largest absolute Gasteiger partial charge is 0.508 e. The van der Waals surface area contributed by atoms with E-state index in [1.807, 2.05) is 0 Å². The van der Waals surface area contributed by atoms with Gasteiger partial charge >= 0.3 is 16.8 Å². The van der Waals surface area contributed by atoms with E-state index in [2.05, 4.69) is 4.98 Å². The van der Waals surface area contributed by atoms with Crippen LogP contribution >= 0.6 is 23.1 Å². The van der Waals surface area contributed by atoms with Gasteiger partial charge in [-0.15, -0.1) is 0 Å². The van der Waals surface area contributed by atoms with Gasteiger partial charge in [-0.25, -0.2) is 0 Å². The van der Waals surface area contributed by atoms with Crippen molar-refractivity contribution in [2.45, 2.75) is 16.2 Å². The van der Waals surface area contributed by atoms with Crippen LogP contribution in [0.2, 0.25) is 0 Å². The minimum atomic E-state index is -1.15. The second-order valence-corrected chi connectivity index (χ2v) is 7.40. The standard InChI is InChI=1S/C14H9NO6S2/c16-4-1-2-6-5(3-4)7-8(13(19)21-6)10(12(17)18)22-11-9(7)23-14(20)15-11/h1-3,7-8,10,16H,(H,15,20)(H,17,18)/t7-,8+,10+/m0/s1. The number of rotatable bonds is 1. The predicted octanol–water partition coefficient (Wildman–Crippen LogP) is 1.37. The van der Waals surface area contributed by atoms with Crippen molar-refractivity contribution >= 4 is 35.0 Å². The number of ether oxygens (including phenoxy) is 1. The number of thiazole rings is 1. The highest BCUT2D eigenvalue weighted by molar-refractivity contribution is 8.00. The lowest BCUT2D eigenvalue weighted by Crippen LogP contribution is -2.44. The van der Waals surface area contributed by atoms with Gasteiger partial charge in [0.15, 0.2) is 0 Å². The molecular formula is C14H9NO6S2. The number of aromatic hydroxyl groups is 1. The highest BCUT2D eigenvalue weighted by Gasteiger charge is 2.51. The summed E-state index contributed by atoms with van der Waals surface area (Å²) in [7, 11) is 0. The van der Waals surface area contributed by atoms with Crippen molar-refractivity contribution in [2.24, 2.45) is 5.92 Å². The van der Waals surface area contributed by atoms with Crippen LogP contribution < -0.4 is 9.61 Å². The molecule has 0 unspecified atom stereocenters. The summed E-state index contributed by atoms with van der Waals surface area (Å²) in [6, 6.07) is 4.30. The number of carboxylic acid groups (broad SMARTS) is 1. The Morgan fingerprint density at radius 1 is 1.30 bits per heavy atom. The number of nitrogens with one attached hydrogen (secondary N) is 1. The lowest BCUT2D eigenvalue weighted by molar-refractivity contribution is -0.147. The Morgan fingerprint density at radius 2 is 2.09 bits per heavy atom. The summed E-state index contributed by atoms with van der Waals surface area (Å²) in [5, 5.41) is 18.6. The second kappa shape index (κ2) is 4.87. The number of carbonyl (C=O) groups is 2. The summed E-state index contributed by atoms with van der Waals surface area (Å²) < 4.78 is 5.25. The third-order valence-corrected chi connectivity index (χ3v) is 6.31. The fourth-order valence-corrected chi connectivity index (χ4v) is 5.40. The van der Waals surface area contributed by atoms with Gasteiger partial charge in [0.2, 0.25) is 0 Å². The van der Waals surface area contributed by atoms with Crippen molar-refractivity contribution in [2.75, 3.05) is 0 Å². The summed E-state index contributed by atoms with van der Waals surface area (Å²) in [5.41, 5.74) is 0.512. The maximum absolute atomic E-state index is 12.4. The lowest BCUT2D eigenvalue weighted by atomic mass is 9.80.